The number of hydrogen-bond donors (Lipinski definition) is 2. The quantitative estimate of drug-likeness (QED) is 0.864. The second kappa shape index (κ2) is 7.43. The molecule has 1 heterocycles. The van der Waals surface area contributed by atoms with Gasteiger partial charge in [0.05, 0.1) is 0 Å². The molecule has 2 atom stereocenters. The Labute approximate surface area is 145 Å². The van der Waals surface area contributed by atoms with E-state index in [0.29, 0.717) is 17.6 Å². The molecule has 1 amide bonds. The van der Waals surface area contributed by atoms with Gasteiger partial charge in [-0.2, -0.15) is 0 Å². The number of rotatable bonds is 5. The summed E-state index contributed by atoms with van der Waals surface area (Å²) in [5.74, 6) is 0.391. The van der Waals surface area contributed by atoms with Crippen LogP contribution >= 0.6 is 22.9 Å². The summed E-state index contributed by atoms with van der Waals surface area (Å²) in [6, 6.07) is 7.78. The Morgan fingerprint density at radius 3 is 3.09 bits per heavy atom. The minimum absolute atomic E-state index is 0.0280. The molecule has 1 aliphatic carbocycles. The van der Waals surface area contributed by atoms with Gasteiger partial charge in [0.25, 0.3) is 0 Å². The fourth-order valence-electron chi connectivity index (χ4n) is 3.16. The van der Waals surface area contributed by atoms with Crippen LogP contribution in [0.3, 0.4) is 0 Å². The van der Waals surface area contributed by atoms with Crippen molar-refractivity contribution in [1.29, 1.82) is 0 Å². The number of benzene rings is 1. The third-order valence-corrected chi connectivity index (χ3v) is 5.50. The number of nitrogens with zero attached hydrogens (tertiary/aromatic N) is 1. The van der Waals surface area contributed by atoms with E-state index in [2.05, 4.69) is 10.3 Å². The predicted molar refractivity (Wildman–Crippen MR) is 94.9 cm³/mol. The molecule has 122 valence electrons. The summed E-state index contributed by atoms with van der Waals surface area (Å²) in [5.41, 5.74) is 6.89. The molecule has 4 nitrogen and oxygen atoms in total. The lowest BCUT2D eigenvalue weighted by Gasteiger charge is -2.16. The fraction of sp³-hybridized carbons (Fsp3) is 0.412. The van der Waals surface area contributed by atoms with Crippen LogP contribution in [0, 0.1) is 11.8 Å². The molecule has 1 aromatic carbocycles. The molecule has 0 bridgehead atoms. The SMILES string of the molecule is NC[C@H]1CCC[C@H]1C(=O)Nc1ncc(Cc2cccc(Cl)c2)s1. The van der Waals surface area contributed by atoms with E-state index in [1.165, 1.54) is 11.3 Å². The van der Waals surface area contributed by atoms with Crippen LogP contribution in [0.15, 0.2) is 30.5 Å². The zero-order chi connectivity index (χ0) is 16.2. The largest absolute Gasteiger partial charge is 0.330 e. The number of amides is 1. The highest BCUT2D eigenvalue weighted by Crippen LogP contribution is 2.32. The standard InChI is InChI=1S/C17H20ClN3OS/c18-13-5-1-3-11(7-13)8-14-10-20-17(23-14)21-16(22)15-6-2-4-12(15)9-19/h1,3,5,7,10,12,15H,2,4,6,8-9,19H2,(H,20,21,22)/t12-,15-/m1/s1. The molecule has 3 N–H and O–H groups in total. The van der Waals surface area contributed by atoms with Crippen LogP contribution in [0.5, 0.6) is 0 Å². The number of nitrogens with one attached hydrogen (secondary N) is 1. The number of carbonyl (C=O) groups is 1. The van der Waals surface area contributed by atoms with Gasteiger partial charge in [0, 0.05) is 28.4 Å². The van der Waals surface area contributed by atoms with Gasteiger partial charge >= 0.3 is 0 Å². The zero-order valence-electron chi connectivity index (χ0n) is 12.8. The number of anilines is 1. The minimum Gasteiger partial charge on any atom is -0.330 e. The lowest BCUT2D eigenvalue weighted by atomic mass is 9.95. The average Bonchev–Trinajstić information content (AvgIpc) is 3.16. The Hall–Kier alpha value is -1.43. The first-order valence-corrected chi connectivity index (χ1v) is 9.05. The van der Waals surface area contributed by atoms with Crippen molar-refractivity contribution in [2.75, 3.05) is 11.9 Å². The molecule has 1 aromatic heterocycles. The van der Waals surface area contributed by atoms with E-state index in [0.717, 1.165) is 41.1 Å². The van der Waals surface area contributed by atoms with Crippen LogP contribution in [0.25, 0.3) is 0 Å². The predicted octanol–water partition coefficient (Wildman–Crippen LogP) is 3.70. The lowest BCUT2D eigenvalue weighted by molar-refractivity contribution is -0.120. The van der Waals surface area contributed by atoms with Crippen molar-refractivity contribution in [2.24, 2.45) is 17.6 Å². The Morgan fingerprint density at radius 2 is 2.30 bits per heavy atom. The number of carbonyl (C=O) groups excluding carboxylic acids is 1. The molecule has 23 heavy (non-hydrogen) atoms. The van der Waals surface area contributed by atoms with Gasteiger partial charge in [-0.25, -0.2) is 4.98 Å². The monoisotopic (exact) mass is 349 g/mol. The van der Waals surface area contributed by atoms with Gasteiger partial charge < -0.3 is 11.1 Å². The van der Waals surface area contributed by atoms with Crippen molar-refractivity contribution in [3.05, 3.63) is 45.9 Å². The molecule has 0 radical (unpaired) electrons. The highest BCUT2D eigenvalue weighted by Gasteiger charge is 2.32. The Balaban J connectivity index is 1.62. The van der Waals surface area contributed by atoms with E-state index >= 15 is 0 Å². The van der Waals surface area contributed by atoms with E-state index in [-0.39, 0.29) is 11.8 Å². The van der Waals surface area contributed by atoms with Crippen LogP contribution in [-0.4, -0.2) is 17.4 Å². The van der Waals surface area contributed by atoms with Gasteiger partial charge in [-0.05, 0) is 43.0 Å². The number of thiazole rings is 1. The average molecular weight is 350 g/mol. The summed E-state index contributed by atoms with van der Waals surface area (Å²) in [6.45, 7) is 0.579. The second-order valence-corrected chi connectivity index (χ2v) is 7.51. The Bertz CT molecular complexity index is 688. The third-order valence-electron chi connectivity index (χ3n) is 4.35. The number of halogens is 1. The Kier molecular flexibility index (Phi) is 5.30. The van der Waals surface area contributed by atoms with Gasteiger partial charge in [-0.1, -0.05) is 30.2 Å². The fourth-order valence-corrected chi connectivity index (χ4v) is 4.22. The number of aromatic nitrogens is 1. The minimum atomic E-state index is 0.0280. The van der Waals surface area contributed by atoms with Crippen LogP contribution < -0.4 is 11.1 Å². The molecule has 1 aliphatic rings. The topological polar surface area (TPSA) is 68.0 Å². The third kappa shape index (κ3) is 4.10. The van der Waals surface area contributed by atoms with E-state index in [1.807, 2.05) is 30.5 Å². The molecule has 0 saturated heterocycles. The Morgan fingerprint density at radius 1 is 1.43 bits per heavy atom. The van der Waals surface area contributed by atoms with Crippen molar-refractivity contribution in [2.45, 2.75) is 25.7 Å². The smallest absolute Gasteiger partial charge is 0.229 e. The molecular weight excluding hydrogens is 330 g/mol. The zero-order valence-corrected chi connectivity index (χ0v) is 14.4. The highest BCUT2D eigenvalue weighted by molar-refractivity contribution is 7.15. The molecule has 3 rings (SSSR count). The maximum Gasteiger partial charge on any atom is 0.229 e. The van der Waals surface area contributed by atoms with E-state index in [9.17, 15) is 4.79 Å². The maximum absolute atomic E-state index is 12.4. The molecule has 1 saturated carbocycles. The van der Waals surface area contributed by atoms with Crippen molar-refractivity contribution in [1.82, 2.24) is 4.98 Å². The maximum atomic E-state index is 12.4. The first kappa shape index (κ1) is 16.4. The van der Waals surface area contributed by atoms with Crippen LogP contribution in [0.4, 0.5) is 5.13 Å². The second-order valence-electron chi connectivity index (χ2n) is 5.96. The van der Waals surface area contributed by atoms with Gasteiger partial charge in [-0.3, -0.25) is 4.79 Å². The lowest BCUT2D eigenvalue weighted by Crippen LogP contribution is -2.29. The van der Waals surface area contributed by atoms with Crippen molar-refractivity contribution >= 4 is 34.0 Å². The molecule has 0 unspecified atom stereocenters. The van der Waals surface area contributed by atoms with Crippen LogP contribution in [0.1, 0.15) is 29.7 Å². The molecule has 6 heteroatoms. The number of hydrogen-bond acceptors (Lipinski definition) is 4. The summed E-state index contributed by atoms with van der Waals surface area (Å²) in [6.07, 6.45) is 5.64. The molecule has 0 spiro atoms. The molecular formula is C17H20ClN3OS. The van der Waals surface area contributed by atoms with Crippen molar-refractivity contribution in [3.63, 3.8) is 0 Å². The summed E-state index contributed by atoms with van der Waals surface area (Å²) in [4.78, 5) is 17.8. The van der Waals surface area contributed by atoms with E-state index < -0.39 is 0 Å². The van der Waals surface area contributed by atoms with Crippen molar-refractivity contribution < 1.29 is 4.79 Å². The van der Waals surface area contributed by atoms with Gasteiger partial charge in [-0.15, -0.1) is 11.3 Å². The summed E-state index contributed by atoms with van der Waals surface area (Å²) >= 11 is 7.52. The van der Waals surface area contributed by atoms with Gasteiger partial charge in [0.15, 0.2) is 5.13 Å². The highest BCUT2D eigenvalue weighted by atomic mass is 35.5. The molecule has 1 fully saturated rings. The van der Waals surface area contributed by atoms with E-state index in [1.54, 1.807) is 0 Å². The normalized spacial score (nSPS) is 20.6. The van der Waals surface area contributed by atoms with Gasteiger partial charge in [0.1, 0.15) is 0 Å². The van der Waals surface area contributed by atoms with Crippen LogP contribution in [0.2, 0.25) is 5.02 Å². The first-order valence-electron chi connectivity index (χ1n) is 7.86. The first-order chi connectivity index (χ1) is 11.2. The van der Waals surface area contributed by atoms with Crippen molar-refractivity contribution in [3.8, 4) is 0 Å². The summed E-state index contributed by atoms with van der Waals surface area (Å²) in [7, 11) is 0. The number of nitrogens with two attached hydrogens (primary N) is 1. The molecule has 0 aliphatic heterocycles. The summed E-state index contributed by atoms with van der Waals surface area (Å²) in [5, 5.41) is 4.35. The molecule has 2 aromatic rings. The van der Waals surface area contributed by atoms with Gasteiger partial charge in [0.2, 0.25) is 5.91 Å². The van der Waals surface area contributed by atoms with E-state index in [4.69, 9.17) is 17.3 Å². The summed E-state index contributed by atoms with van der Waals surface area (Å²) < 4.78 is 0. The van der Waals surface area contributed by atoms with Crippen LogP contribution in [-0.2, 0) is 11.2 Å².